The van der Waals surface area contributed by atoms with Crippen LogP contribution in [0.3, 0.4) is 0 Å². The second-order valence-electron chi connectivity index (χ2n) is 7.91. The first kappa shape index (κ1) is 23.0. The van der Waals surface area contributed by atoms with Crippen LogP contribution in [0.25, 0.3) is 0 Å². The maximum Gasteiger partial charge on any atom is 0.339 e. The number of benzene rings is 2. The summed E-state index contributed by atoms with van der Waals surface area (Å²) in [7, 11) is 0. The second kappa shape index (κ2) is 11.1. The molecule has 0 N–H and O–H groups in total. The highest BCUT2D eigenvalue weighted by molar-refractivity contribution is 5.89. The lowest BCUT2D eigenvalue weighted by molar-refractivity contribution is -0.153. The number of hydrogen-bond acceptors (Lipinski definition) is 5. The van der Waals surface area contributed by atoms with E-state index in [0.717, 1.165) is 5.56 Å². The molecule has 1 heterocycles. The summed E-state index contributed by atoms with van der Waals surface area (Å²) < 4.78 is 22.9. The summed E-state index contributed by atoms with van der Waals surface area (Å²) in [6.07, 6.45) is 1.63. The van der Waals surface area contributed by atoms with E-state index >= 15 is 0 Å². The summed E-state index contributed by atoms with van der Waals surface area (Å²) in [5.74, 6) is 5.22. The lowest BCUT2D eigenvalue weighted by Crippen LogP contribution is -2.35. The van der Waals surface area contributed by atoms with Crippen LogP contribution in [-0.2, 0) is 25.6 Å². The van der Waals surface area contributed by atoms with Crippen LogP contribution in [0.2, 0.25) is 0 Å². The molecule has 1 aliphatic rings. The van der Waals surface area contributed by atoms with E-state index in [0.29, 0.717) is 51.3 Å². The Morgan fingerprint density at radius 1 is 1.06 bits per heavy atom. The first-order chi connectivity index (χ1) is 15.0. The van der Waals surface area contributed by atoms with Crippen LogP contribution in [0.15, 0.2) is 60.7 Å². The van der Waals surface area contributed by atoms with Crippen LogP contribution in [-0.4, -0.2) is 37.2 Å². The maximum atomic E-state index is 12.7. The second-order valence-corrected chi connectivity index (χ2v) is 7.91. The molecule has 31 heavy (non-hydrogen) atoms. The largest absolute Gasteiger partial charge is 0.443 e. The van der Waals surface area contributed by atoms with Crippen molar-refractivity contribution in [2.24, 2.45) is 0 Å². The molecule has 1 fully saturated rings. The van der Waals surface area contributed by atoms with Gasteiger partial charge in [-0.1, -0.05) is 60.4 Å². The highest BCUT2D eigenvalue weighted by atomic mass is 16.7. The molecule has 0 spiro atoms. The van der Waals surface area contributed by atoms with Crippen molar-refractivity contribution in [1.29, 1.82) is 0 Å². The molecular weight excluding hydrogens is 392 g/mol. The Labute approximate surface area is 184 Å². The zero-order chi connectivity index (χ0) is 22.0. The SMILES string of the molecule is CC(C#CCCOCc1ccccc1)(CCC1(C)OCCO1)OC(=O)c1ccccc1. The van der Waals surface area contributed by atoms with Crippen LogP contribution in [0, 0.1) is 11.8 Å². The Morgan fingerprint density at radius 2 is 1.71 bits per heavy atom. The van der Waals surface area contributed by atoms with Crippen molar-refractivity contribution in [1.82, 2.24) is 0 Å². The minimum Gasteiger partial charge on any atom is -0.443 e. The number of ether oxygens (including phenoxy) is 4. The van der Waals surface area contributed by atoms with Crippen molar-refractivity contribution in [3.63, 3.8) is 0 Å². The maximum absolute atomic E-state index is 12.7. The lowest BCUT2D eigenvalue weighted by atomic mass is 9.96. The number of hydrogen-bond donors (Lipinski definition) is 0. The normalized spacial score (nSPS) is 16.7. The molecule has 1 aliphatic heterocycles. The number of rotatable bonds is 9. The Balaban J connectivity index is 1.58. The van der Waals surface area contributed by atoms with Gasteiger partial charge in [0, 0.05) is 19.3 Å². The van der Waals surface area contributed by atoms with Crippen molar-refractivity contribution >= 4 is 5.97 Å². The highest BCUT2D eigenvalue weighted by Gasteiger charge is 2.36. The third-order valence-corrected chi connectivity index (χ3v) is 5.12. The van der Waals surface area contributed by atoms with Gasteiger partial charge in [-0.15, -0.1) is 0 Å². The molecule has 2 aromatic rings. The number of carbonyl (C=O) groups is 1. The fraction of sp³-hybridized carbons (Fsp3) is 0.423. The van der Waals surface area contributed by atoms with Crippen molar-refractivity contribution in [3.05, 3.63) is 71.8 Å². The van der Waals surface area contributed by atoms with Crippen LogP contribution in [0.5, 0.6) is 0 Å². The van der Waals surface area contributed by atoms with Gasteiger partial charge in [0.25, 0.3) is 0 Å². The molecule has 3 rings (SSSR count). The van der Waals surface area contributed by atoms with Gasteiger partial charge in [-0.3, -0.25) is 0 Å². The first-order valence-electron chi connectivity index (χ1n) is 10.7. The Bertz CT molecular complexity index is 878. The summed E-state index contributed by atoms with van der Waals surface area (Å²) >= 11 is 0. The van der Waals surface area contributed by atoms with Gasteiger partial charge in [-0.2, -0.15) is 0 Å². The smallest absolute Gasteiger partial charge is 0.339 e. The molecule has 5 nitrogen and oxygen atoms in total. The highest BCUT2D eigenvalue weighted by Crippen LogP contribution is 2.29. The van der Waals surface area contributed by atoms with Gasteiger partial charge in [0.05, 0.1) is 32.0 Å². The van der Waals surface area contributed by atoms with Gasteiger partial charge in [0.15, 0.2) is 11.4 Å². The summed E-state index contributed by atoms with van der Waals surface area (Å²) in [5.41, 5.74) is 0.674. The van der Waals surface area contributed by atoms with Crippen molar-refractivity contribution < 1.29 is 23.7 Å². The molecule has 1 unspecified atom stereocenters. The fourth-order valence-electron chi connectivity index (χ4n) is 3.28. The molecule has 0 bridgehead atoms. The van der Waals surface area contributed by atoms with Crippen molar-refractivity contribution in [2.45, 2.75) is 51.1 Å². The van der Waals surface area contributed by atoms with Crippen molar-refractivity contribution in [2.75, 3.05) is 19.8 Å². The first-order valence-corrected chi connectivity index (χ1v) is 10.7. The average Bonchev–Trinajstić information content (AvgIpc) is 3.23. The fourth-order valence-corrected chi connectivity index (χ4v) is 3.28. The molecule has 0 aromatic heterocycles. The number of carbonyl (C=O) groups excluding carboxylic acids is 1. The monoisotopic (exact) mass is 422 g/mol. The van der Waals surface area contributed by atoms with Gasteiger partial charge in [-0.25, -0.2) is 4.79 Å². The lowest BCUT2D eigenvalue weighted by Gasteiger charge is -2.29. The van der Waals surface area contributed by atoms with E-state index < -0.39 is 17.4 Å². The number of esters is 1. The topological polar surface area (TPSA) is 54.0 Å². The van der Waals surface area contributed by atoms with E-state index in [1.807, 2.05) is 62.4 Å². The van der Waals surface area contributed by atoms with E-state index in [-0.39, 0.29) is 0 Å². The van der Waals surface area contributed by atoms with Gasteiger partial charge in [0.2, 0.25) is 0 Å². The van der Waals surface area contributed by atoms with Crippen LogP contribution in [0.4, 0.5) is 0 Å². The molecule has 2 aromatic carbocycles. The van der Waals surface area contributed by atoms with Gasteiger partial charge < -0.3 is 18.9 Å². The molecule has 0 amide bonds. The third-order valence-electron chi connectivity index (χ3n) is 5.12. The Kier molecular flexibility index (Phi) is 8.25. The van der Waals surface area contributed by atoms with E-state index in [1.165, 1.54) is 0 Å². The van der Waals surface area contributed by atoms with E-state index in [1.54, 1.807) is 12.1 Å². The van der Waals surface area contributed by atoms with Crippen LogP contribution in [0.1, 0.15) is 49.0 Å². The van der Waals surface area contributed by atoms with E-state index in [2.05, 4.69) is 11.8 Å². The molecule has 0 radical (unpaired) electrons. The van der Waals surface area contributed by atoms with Crippen LogP contribution < -0.4 is 0 Å². The zero-order valence-corrected chi connectivity index (χ0v) is 18.3. The van der Waals surface area contributed by atoms with Crippen molar-refractivity contribution in [3.8, 4) is 11.8 Å². The molecule has 1 atom stereocenters. The zero-order valence-electron chi connectivity index (χ0n) is 18.3. The average molecular weight is 423 g/mol. The molecule has 164 valence electrons. The third kappa shape index (κ3) is 7.52. The summed E-state index contributed by atoms with van der Waals surface area (Å²) in [5, 5.41) is 0. The quantitative estimate of drug-likeness (QED) is 0.331. The van der Waals surface area contributed by atoms with E-state index in [4.69, 9.17) is 18.9 Å². The van der Waals surface area contributed by atoms with Crippen LogP contribution >= 0.6 is 0 Å². The minimum atomic E-state index is -0.954. The molecule has 1 saturated heterocycles. The standard InChI is InChI=1S/C26H30O5/c1-25(16-17-26(2)29-19-20-30-26,31-24(27)23-13-7-4-8-14-23)15-9-10-18-28-21-22-11-5-3-6-12-22/h3-8,11-14H,10,16-21H2,1-2H3. The van der Waals surface area contributed by atoms with Gasteiger partial charge >= 0.3 is 5.97 Å². The molecular formula is C26H30O5. The summed E-state index contributed by atoms with van der Waals surface area (Å²) in [6, 6.07) is 19.0. The molecule has 5 heteroatoms. The predicted octanol–water partition coefficient (Wildman–Crippen LogP) is 4.76. The Hall–Kier alpha value is -2.65. The van der Waals surface area contributed by atoms with Gasteiger partial charge in [0.1, 0.15) is 0 Å². The Morgan fingerprint density at radius 3 is 2.39 bits per heavy atom. The summed E-state index contributed by atoms with van der Waals surface area (Å²) in [6.45, 7) is 5.95. The molecule has 0 aliphatic carbocycles. The van der Waals surface area contributed by atoms with Gasteiger partial charge in [-0.05, 0) is 31.5 Å². The minimum absolute atomic E-state index is 0.392. The molecule has 0 saturated carbocycles. The summed E-state index contributed by atoms with van der Waals surface area (Å²) in [4.78, 5) is 12.7. The predicted molar refractivity (Wildman–Crippen MR) is 118 cm³/mol. The van der Waals surface area contributed by atoms with E-state index in [9.17, 15) is 4.79 Å².